The summed E-state index contributed by atoms with van der Waals surface area (Å²) < 4.78 is 10.9. The molecule has 1 heterocycles. The molecule has 2 fully saturated rings. The minimum Gasteiger partial charge on any atom is -0.490 e. The maximum atomic E-state index is 12.4. The number of carbonyl (C=O) groups is 2. The zero-order chi connectivity index (χ0) is 18.9. The Balaban J connectivity index is 1.30. The first-order valence-electron chi connectivity index (χ1n) is 9.51. The number of benzene rings is 1. The molecule has 0 unspecified atom stereocenters. The van der Waals surface area contributed by atoms with Gasteiger partial charge in [-0.2, -0.15) is 0 Å². The van der Waals surface area contributed by atoms with E-state index in [-0.39, 0.29) is 18.1 Å². The summed E-state index contributed by atoms with van der Waals surface area (Å²) in [5.41, 5.74) is 0.0252. The van der Waals surface area contributed by atoms with Gasteiger partial charge in [0.05, 0.1) is 18.7 Å². The molecular weight excluding hydrogens is 344 g/mol. The molecule has 142 valence electrons. The number of fused-ring (bicyclic) bond motifs is 1. The zero-order valence-corrected chi connectivity index (χ0v) is 15.4. The molecule has 2 aromatic rings. The van der Waals surface area contributed by atoms with Crippen LogP contribution in [0.5, 0.6) is 5.75 Å². The summed E-state index contributed by atoms with van der Waals surface area (Å²) in [6, 6.07) is 9.98. The second kappa shape index (κ2) is 7.18. The van der Waals surface area contributed by atoms with Gasteiger partial charge in [0.15, 0.2) is 0 Å². The lowest BCUT2D eigenvalue weighted by Gasteiger charge is -2.30. The van der Waals surface area contributed by atoms with Crippen molar-refractivity contribution in [2.45, 2.75) is 50.7 Å². The van der Waals surface area contributed by atoms with Crippen LogP contribution >= 0.6 is 0 Å². The van der Waals surface area contributed by atoms with Crippen LogP contribution in [0.25, 0.3) is 10.9 Å². The maximum absolute atomic E-state index is 12.4. The highest BCUT2D eigenvalue weighted by Gasteiger charge is 2.58. The van der Waals surface area contributed by atoms with Gasteiger partial charge in [-0.05, 0) is 62.8 Å². The summed E-state index contributed by atoms with van der Waals surface area (Å²) in [7, 11) is 1.33. The van der Waals surface area contributed by atoms with E-state index in [0.717, 1.165) is 42.3 Å². The van der Waals surface area contributed by atoms with E-state index in [1.807, 2.05) is 30.3 Å². The highest BCUT2D eigenvalue weighted by molar-refractivity contribution is 6.05. The van der Waals surface area contributed by atoms with Gasteiger partial charge in [0.25, 0.3) is 0 Å². The summed E-state index contributed by atoms with van der Waals surface area (Å²) in [6.07, 6.45) is 6.54. The lowest BCUT2D eigenvalue weighted by atomic mass is 9.92. The van der Waals surface area contributed by atoms with E-state index >= 15 is 0 Å². The smallest absolute Gasteiger partial charge is 0.321 e. The quantitative estimate of drug-likeness (QED) is 0.648. The molecule has 0 radical (unpaired) electrons. The number of nitrogens with one attached hydrogen (secondary N) is 1. The average molecular weight is 368 g/mol. The van der Waals surface area contributed by atoms with Crippen molar-refractivity contribution >= 4 is 22.8 Å². The van der Waals surface area contributed by atoms with Crippen LogP contribution in [-0.2, 0) is 14.3 Å². The summed E-state index contributed by atoms with van der Waals surface area (Å²) in [6.45, 7) is 0. The third-order valence-electron chi connectivity index (χ3n) is 5.65. The Hall–Kier alpha value is -2.63. The van der Waals surface area contributed by atoms with Gasteiger partial charge < -0.3 is 14.8 Å². The van der Waals surface area contributed by atoms with E-state index in [4.69, 9.17) is 9.47 Å². The molecule has 1 aromatic carbocycles. The van der Waals surface area contributed by atoms with Crippen LogP contribution in [0.2, 0.25) is 0 Å². The van der Waals surface area contributed by atoms with E-state index in [1.165, 1.54) is 7.11 Å². The van der Waals surface area contributed by atoms with Crippen molar-refractivity contribution < 1.29 is 19.1 Å². The molecule has 6 heteroatoms. The Morgan fingerprint density at radius 1 is 1.15 bits per heavy atom. The summed E-state index contributed by atoms with van der Waals surface area (Å²) in [5.74, 6) is 0.258. The largest absolute Gasteiger partial charge is 0.490 e. The molecule has 2 aliphatic carbocycles. The Morgan fingerprint density at radius 3 is 2.63 bits per heavy atom. The van der Waals surface area contributed by atoms with Gasteiger partial charge >= 0.3 is 5.97 Å². The minimum atomic E-state index is -0.929. The van der Waals surface area contributed by atoms with Crippen molar-refractivity contribution in [1.29, 1.82) is 0 Å². The van der Waals surface area contributed by atoms with Gasteiger partial charge in [0.2, 0.25) is 5.91 Å². The number of hydrogen-bond acceptors (Lipinski definition) is 5. The number of rotatable bonds is 5. The van der Waals surface area contributed by atoms with Crippen LogP contribution in [-0.4, -0.2) is 36.1 Å². The van der Waals surface area contributed by atoms with Gasteiger partial charge in [0.1, 0.15) is 11.2 Å². The number of amides is 1. The molecule has 4 rings (SSSR count). The standard InChI is InChI=1S/C21H24N2O4/c1-26-20(25)21(10-11-21)19(24)23-15-4-6-16(7-5-15)27-17-8-9-18-14(13-17)3-2-12-22-18/h2-3,8-9,12-13,15-16H,4-7,10-11H2,1H3,(H,23,24). The second-order valence-corrected chi connectivity index (χ2v) is 7.50. The first-order valence-corrected chi connectivity index (χ1v) is 9.51. The molecule has 1 N–H and O–H groups in total. The van der Waals surface area contributed by atoms with Gasteiger partial charge in [-0.1, -0.05) is 6.07 Å². The Labute approximate surface area is 158 Å². The van der Waals surface area contributed by atoms with Gasteiger partial charge in [-0.15, -0.1) is 0 Å². The van der Waals surface area contributed by atoms with Crippen LogP contribution in [0.4, 0.5) is 0 Å². The SMILES string of the molecule is COC(=O)C1(C(=O)NC2CCC(Oc3ccc4ncccc4c3)CC2)CC1. The number of aromatic nitrogens is 1. The zero-order valence-electron chi connectivity index (χ0n) is 15.4. The van der Waals surface area contributed by atoms with Gasteiger partial charge in [-0.3, -0.25) is 14.6 Å². The minimum absolute atomic E-state index is 0.0975. The first kappa shape index (κ1) is 17.8. The molecule has 0 saturated heterocycles. The number of esters is 1. The van der Waals surface area contributed by atoms with Crippen LogP contribution < -0.4 is 10.1 Å². The molecule has 1 aromatic heterocycles. The molecule has 2 aliphatic rings. The van der Waals surface area contributed by atoms with Crippen LogP contribution in [0, 0.1) is 5.41 Å². The maximum Gasteiger partial charge on any atom is 0.321 e. The predicted molar refractivity (Wildman–Crippen MR) is 100 cm³/mol. The highest BCUT2D eigenvalue weighted by atomic mass is 16.5. The van der Waals surface area contributed by atoms with E-state index in [0.29, 0.717) is 12.8 Å². The fraction of sp³-hybridized carbons (Fsp3) is 0.476. The molecule has 0 aliphatic heterocycles. The Bertz CT molecular complexity index is 854. The summed E-state index contributed by atoms with van der Waals surface area (Å²) >= 11 is 0. The average Bonchev–Trinajstić information content (AvgIpc) is 3.51. The fourth-order valence-corrected chi connectivity index (χ4v) is 3.81. The normalized spacial score (nSPS) is 23.4. The van der Waals surface area contributed by atoms with Crippen LogP contribution in [0.3, 0.4) is 0 Å². The first-order chi connectivity index (χ1) is 13.1. The van der Waals surface area contributed by atoms with E-state index in [9.17, 15) is 9.59 Å². The molecular formula is C21H24N2O4. The number of hydrogen-bond donors (Lipinski definition) is 1. The number of ether oxygens (including phenoxy) is 2. The van der Waals surface area contributed by atoms with Crippen LogP contribution in [0.1, 0.15) is 38.5 Å². The van der Waals surface area contributed by atoms with Crippen molar-refractivity contribution in [3.8, 4) is 5.75 Å². The van der Waals surface area contributed by atoms with E-state index in [1.54, 1.807) is 6.20 Å². The number of nitrogens with zero attached hydrogens (tertiary/aromatic N) is 1. The lowest BCUT2D eigenvalue weighted by Crippen LogP contribution is -2.45. The van der Waals surface area contributed by atoms with Gasteiger partial charge in [-0.25, -0.2) is 0 Å². The molecule has 0 atom stereocenters. The second-order valence-electron chi connectivity index (χ2n) is 7.50. The third-order valence-corrected chi connectivity index (χ3v) is 5.65. The Kier molecular flexibility index (Phi) is 4.72. The molecule has 0 bridgehead atoms. The number of carbonyl (C=O) groups excluding carboxylic acids is 2. The van der Waals surface area contributed by atoms with Crippen molar-refractivity contribution in [1.82, 2.24) is 10.3 Å². The summed E-state index contributed by atoms with van der Waals surface area (Å²) in [4.78, 5) is 28.6. The monoisotopic (exact) mass is 368 g/mol. The van der Waals surface area contributed by atoms with Crippen molar-refractivity contribution in [2.75, 3.05) is 7.11 Å². The molecule has 27 heavy (non-hydrogen) atoms. The number of pyridine rings is 1. The molecule has 1 amide bonds. The predicted octanol–water partition coefficient (Wildman–Crippen LogP) is 2.99. The molecule has 0 spiro atoms. The van der Waals surface area contributed by atoms with Gasteiger partial charge in [0, 0.05) is 17.6 Å². The lowest BCUT2D eigenvalue weighted by molar-refractivity contribution is -0.152. The van der Waals surface area contributed by atoms with Crippen molar-refractivity contribution in [2.24, 2.45) is 5.41 Å². The van der Waals surface area contributed by atoms with Crippen molar-refractivity contribution in [3.05, 3.63) is 36.5 Å². The molecule has 6 nitrogen and oxygen atoms in total. The Morgan fingerprint density at radius 2 is 1.93 bits per heavy atom. The topological polar surface area (TPSA) is 77.5 Å². The number of methoxy groups -OCH3 is 1. The third kappa shape index (κ3) is 3.61. The van der Waals surface area contributed by atoms with Crippen molar-refractivity contribution in [3.63, 3.8) is 0 Å². The fourth-order valence-electron chi connectivity index (χ4n) is 3.81. The van der Waals surface area contributed by atoms with Crippen LogP contribution in [0.15, 0.2) is 36.5 Å². The van der Waals surface area contributed by atoms with E-state index in [2.05, 4.69) is 10.3 Å². The van der Waals surface area contributed by atoms with E-state index < -0.39 is 11.4 Å². The summed E-state index contributed by atoms with van der Waals surface area (Å²) in [5, 5.41) is 4.11. The highest BCUT2D eigenvalue weighted by Crippen LogP contribution is 2.47. The molecule has 2 saturated carbocycles.